The fourth-order valence-electron chi connectivity index (χ4n) is 2.35. The Labute approximate surface area is 135 Å². The van der Waals surface area contributed by atoms with Crippen molar-refractivity contribution >= 4 is 15.7 Å². The minimum Gasteiger partial charge on any atom is -0.454 e. The van der Waals surface area contributed by atoms with E-state index in [9.17, 15) is 8.42 Å². The van der Waals surface area contributed by atoms with Gasteiger partial charge in [-0.05, 0) is 12.1 Å². The number of fused-ring (bicyclic) bond motifs is 1. The molecular formula is C15H19N3O4S. The van der Waals surface area contributed by atoms with Crippen molar-refractivity contribution in [3.05, 3.63) is 30.1 Å². The van der Waals surface area contributed by atoms with Gasteiger partial charge in [0.05, 0.1) is 11.4 Å². The first kappa shape index (κ1) is 15.7. The molecule has 0 bridgehead atoms. The van der Waals surface area contributed by atoms with Crippen LogP contribution in [-0.4, -0.2) is 25.0 Å². The molecule has 0 atom stereocenters. The van der Waals surface area contributed by atoms with Crippen LogP contribution in [0.2, 0.25) is 0 Å². The van der Waals surface area contributed by atoms with E-state index >= 15 is 0 Å². The molecule has 0 fully saturated rings. The second kappa shape index (κ2) is 5.16. The lowest BCUT2D eigenvalue weighted by molar-refractivity contribution is 0.174. The molecule has 0 spiro atoms. The summed E-state index contributed by atoms with van der Waals surface area (Å²) in [6, 6.07) is 4.92. The van der Waals surface area contributed by atoms with Crippen LogP contribution in [-0.2, 0) is 22.5 Å². The van der Waals surface area contributed by atoms with Crippen LogP contribution >= 0.6 is 0 Å². The van der Waals surface area contributed by atoms with E-state index in [4.69, 9.17) is 9.47 Å². The number of aromatic nitrogens is 2. The Kier molecular flexibility index (Phi) is 3.51. The van der Waals surface area contributed by atoms with Gasteiger partial charge in [-0.1, -0.05) is 20.8 Å². The second-order valence-corrected chi connectivity index (χ2v) is 8.09. The molecule has 0 aliphatic carbocycles. The van der Waals surface area contributed by atoms with Crippen LogP contribution in [0.15, 0.2) is 29.3 Å². The van der Waals surface area contributed by atoms with Gasteiger partial charge < -0.3 is 9.47 Å². The standard InChI is InChI=1S/C15H19N3O4S/c1-15(2,3)14-13(8-18(4)16-14)23(19,20)17-10-5-6-11-12(7-10)22-9-21-11/h5-8,17H,9H2,1-4H3. The molecule has 0 saturated heterocycles. The van der Waals surface area contributed by atoms with Crippen molar-refractivity contribution in [3.63, 3.8) is 0 Å². The summed E-state index contributed by atoms with van der Waals surface area (Å²) in [6.45, 7) is 5.92. The lowest BCUT2D eigenvalue weighted by Gasteiger charge is -2.17. The highest BCUT2D eigenvalue weighted by atomic mass is 32.2. The zero-order chi connectivity index (χ0) is 16.8. The molecule has 1 aliphatic rings. The van der Waals surface area contributed by atoms with E-state index in [1.807, 2.05) is 20.8 Å². The predicted octanol–water partition coefficient (Wildman–Crippen LogP) is 2.25. The summed E-state index contributed by atoms with van der Waals surface area (Å²) in [6.07, 6.45) is 1.51. The Morgan fingerprint density at radius 1 is 1.22 bits per heavy atom. The summed E-state index contributed by atoms with van der Waals surface area (Å²) < 4.78 is 40.1. The van der Waals surface area contributed by atoms with E-state index in [1.165, 1.54) is 10.9 Å². The van der Waals surface area contributed by atoms with Crippen molar-refractivity contribution in [2.24, 2.45) is 7.05 Å². The molecule has 3 rings (SSSR count). The predicted molar refractivity (Wildman–Crippen MR) is 85.3 cm³/mol. The maximum absolute atomic E-state index is 12.7. The number of ether oxygens (including phenoxy) is 2. The second-order valence-electron chi connectivity index (χ2n) is 6.44. The third-order valence-corrected chi connectivity index (χ3v) is 4.80. The Morgan fingerprint density at radius 2 is 1.91 bits per heavy atom. The molecule has 8 heteroatoms. The van der Waals surface area contributed by atoms with Crippen LogP contribution in [0.1, 0.15) is 26.5 Å². The van der Waals surface area contributed by atoms with Gasteiger partial charge in [0.25, 0.3) is 10.0 Å². The molecule has 124 valence electrons. The first-order valence-electron chi connectivity index (χ1n) is 7.13. The summed E-state index contributed by atoms with van der Waals surface area (Å²) >= 11 is 0. The lowest BCUT2D eigenvalue weighted by Crippen LogP contribution is -2.20. The molecule has 23 heavy (non-hydrogen) atoms. The van der Waals surface area contributed by atoms with Gasteiger partial charge in [0.1, 0.15) is 4.90 Å². The van der Waals surface area contributed by atoms with Crippen molar-refractivity contribution in [1.82, 2.24) is 9.78 Å². The minimum atomic E-state index is -3.75. The van der Waals surface area contributed by atoms with E-state index in [0.717, 1.165) is 0 Å². The van der Waals surface area contributed by atoms with Gasteiger partial charge in [-0.2, -0.15) is 5.10 Å². The smallest absolute Gasteiger partial charge is 0.265 e. The summed E-state index contributed by atoms with van der Waals surface area (Å²) in [4.78, 5) is 0.171. The van der Waals surface area contributed by atoms with Gasteiger partial charge in [-0.3, -0.25) is 9.40 Å². The van der Waals surface area contributed by atoms with Gasteiger partial charge in [-0.15, -0.1) is 0 Å². The molecule has 0 unspecified atom stereocenters. The zero-order valence-corrected chi connectivity index (χ0v) is 14.3. The summed E-state index contributed by atoms with van der Waals surface area (Å²) in [7, 11) is -2.05. The maximum Gasteiger partial charge on any atom is 0.265 e. The molecule has 2 heterocycles. The Morgan fingerprint density at radius 3 is 2.61 bits per heavy atom. The van der Waals surface area contributed by atoms with Crippen LogP contribution in [0.5, 0.6) is 11.5 Å². The van der Waals surface area contributed by atoms with Crippen molar-refractivity contribution in [2.45, 2.75) is 31.1 Å². The number of sulfonamides is 1. The zero-order valence-electron chi connectivity index (χ0n) is 13.5. The average molecular weight is 337 g/mol. The van der Waals surface area contributed by atoms with E-state index in [2.05, 4.69) is 9.82 Å². The number of nitrogens with zero attached hydrogens (tertiary/aromatic N) is 2. The highest BCUT2D eigenvalue weighted by molar-refractivity contribution is 7.92. The molecule has 0 saturated carbocycles. The number of benzene rings is 1. The molecule has 0 amide bonds. The number of anilines is 1. The van der Waals surface area contributed by atoms with Gasteiger partial charge in [0.15, 0.2) is 11.5 Å². The number of nitrogens with one attached hydrogen (secondary N) is 1. The van der Waals surface area contributed by atoms with Crippen molar-refractivity contribution < 1.29 is 17.9 Å². The topological polar surface area (TPSA) is 82.5 Å². The summed E-state index contributed by atoms with van der Waals surface area (Å²) in [5, 5.41) is 4.30. The number of aryl methyl sites for hydroxylation is 1. The van der Waals surface area contributed by atoms with Crippen molar-refractivity contribution in [3.8, 4) is 11.5 Å². The maximum atomic E-state index is 12.7. The lowest BCUT2D eigenvalue weighted by atomic mass is 9.92. The van der Waals surface area contributed by atoms with Crippen LogP contribution in [0, 0.1) is 0 Å². The third-order valence-electron chi connectivity index (χ3n) is 3.42. The first-order valence-corrected chi connectivity index (χ1v) is 8.62. The molecule has 1 aromatic carbocycles. The largest absolute Gasteiger partial charge is 0.454 e. The number of hydrogen-bond donors (Lipinski definition) is 1. The highest BCUT2D eigenvalue weighted by Gasteiger charge is 2.29. The van der Waals surface area contributed by atoms with E-state index < -0.39 is 10.0 Å². The Hall–Kier alpha value is -2.22. The highest BCUT2D eigenvalue weighted by Crippen LogP contribution is 2.35. The molecule has 1 aromatic heterocycles. The monoisotopic (exact) mass is 337 g/mol. The first-order chi connectivity index (χ1) is 10.7. The normalized spacial score (nSPS) is 14.1. The van der Waals surface area contributed by atoms with Gasteiger partial charge in [0, 0.05) is 24.7 Å². The van der Waals surface area contributed by atoms with Crippen LogP contribution < -0.4 is 14.2 Å². The fraction of sp³-hybridized carbons (Fsp3) is 0.400. The van der Waals surface area contributed by atoms with Crippen LogP contribution in [0.3, 0.4) is 0 Å². The summed E-state index contributed by atoms with van der Waals surface area (Å²) in [5.74, 6) is 1.12. The molecule has 0 radical (unpaired) electrons. The van der Waals surface area contributed by atoms with Crippen LogP contribution in [0.25, 0.3) is 0 Å². The number of hydrogen-bond acceptors (Lipinski definition) is 5. The molecular weight excluding hydrogens is 318 g/mol. The van der Waals surface area contributed by atoms with Gasteiger partial charge >= 0.3 is 0 Å². The molecule has 1 aliphatic heterocycles. The van der Waals surface area contributed by atoms with E-state index in [1.54, 1.807) is 25.2 Å². The average Bonchev–Trinajstić information content (AvgIpc) is 3.03. The quantitative estimate of drug-likeness (QED) is 0.929. The van der Waals surface area contributed by atoms with Gasteiger partial charge in [-0.25, -0.2) is 8.42 Å². The minimum absolute atomic E-state index is 0.141. The number of rotatable bonds is 3. The fourth-order valence-corrected chi connectivity index (χ4v) is 3.79. The van der Waals surface area contributed by atoms with Crippen molar-refractivity contribution in [1.29, 1.82) is 0 Å². The van der Waals surface area contributed by atoms with E-state index in [-0.39, 0.29) is 17.1 Å². The Bertz CT molecular complexity index is 850. The molecule has 1 N–H and O–H groups in total. The van der Waals surface area contributed by atoms with Crippen LogP contribution in [0.4, 0.5) is 5.69 Å². The SMILES string of the molecule is Cn1cc(S(=O)(=O)Nc2ccc3c(c2)OCO3)c(C(C)(C)C)n1. The van der Waals surface area contributed by atoms with Crippen molar-refractivity contribution in [2.75, 3.05) is 11.5 Å². The molecule has 7 nitrogen and oxygen atoms in total. The van der Waals surface area contributed by atoms with E-state index in [0.29, 0.717) is 22.9 Å². The van der Waals surface area contributed by atoms with Gasteiger partial charge in [0.2, 0.25) is 6.79 Å². The Balaban J connectivity index is 1.97. The summed E-state index contributed by atoms with van der Waals surface area (Å²) in [5.41, 5.74) is 0.548. The third kappa shape index (κ3) is 2.98. The molecule has 2 aromatic rings.